The van der Waals surface area contributed by atoms with E-state index < -0.39 is 24.4 Å². The number of esters is 1. The van der Waals surface area contributed by atoms with E-state index in [4.69, 9.17) is 0 Å². The predicted molar refractivity (Wildman–Crippen MR) is 62.8 cm³/mol. The Kier molecular flexibility index (Phi) is 5.02. The summed E-state index contributed by atoms with van der Waals surface area (Å²) in [5, 5.41) is 0. The molecule has 0 bridgehead atoms. The Bertz CT molecular complexity index is 373. The van der Waals surface area contributed by atoms with E-state index >= 15 is 0 Å². The van der Waals surface area contributed by atoms with Crippen molar-refractivity contribution in [1.29, 1.82) is 0 Å². The molecule has 1 rings (SSSR count). The van der Waals surface area contributed by atoms with Crippen LogP contribution in [-0.4, -0.2) is 19.1 Å². The second kappa shape index (κ2) is 6.07. The lowest BCUT2D eigenvalue weighted by Crippen LogP contribution is -2.36. The van der Waals surface area contributed by atoms with Gasteiger partial charge in [0.25, 0.3) is 5.92 Å². The first-order chi connectivity index (χ1) is 8.01. The fourth-order valence-corrected chi connectivity index (χ4v) is 1.71. The summed E-state index contributed by atoms with van der Waals surface area (Å²) in [7, 11) is 1.15. The third kappa shape index (κ3) is 3.74. The van der Waals surface area contributed by atoms with Gasteiger partial charge in [0.1, 0.15) is 6.04 Å². The van der Waals surface area contributed by atoms with Gasteiger partial charge in [-0.25, -0.2) is 13.1 Å². The zero-order chi connectivity index (χ0) is 12.9. The van der Waals surface area contributed by atoms with Crippen molar-refractivity contribution < 1.29 is 18.3 Å². The van der Waals surface area contributed by atoms with Crippen molar-refractivity contribution in [2.75, 3.05) is 7.11 Å². The van der Waals surface area contributed by atoms with E-state index in [1.165, 1.54) is 24.3 Å². The van der Waals surface area contributed by atoms with Crippen LogP contribution >= 0.6 is 16.1 Å². The number of rotatable bonds is 5. The Balaban J connectivity index is 2.81. The largest absolute Gasteiger partial charge is 0.468 e. The predicted octanol–water partition coefficient (Wildman–Crippen LogP) is 2.61. The summed E-state index contributed by atoms with van der Waals surface area (Å²) in [6, 6.07) is 6.25. The Hall–Kier alpha value is -1.01. The molecule has 0 saturated heterocycles. The molecule has 1 aromatic carbocycles. The zero-order valence-electron chi connectivity index (χ0n) is 9.12. The molecule has 6 heteroatoms. The van der Waals surface area contributed by atoms with Gasteiger partial charge in [0.05, 0.1) is 7.11 Å². The number of nitrogens with one attached hydrogen (secondary N) is 1. The van der Waals surface area contributed by atoms with Crippen LogP contribution in [0.5, 0.6) is 0 Å². The van der Waals surface area contributed by atoms with Crippen molar-refractivity contribution in [1.82, 2.24) is 4.34 Å². The van der Waals surface area contributed by atoms with Crippen molar-refractivity contribution in [3.63, 3.8) is 0 Å². The molecule has 3 nitrogen and oxygen atoms in total. The van der Waals surface area contributed by atoms with Crippen molar-refractivity contribution in [2.45, 2.75) is 18.4 Å². The third-order valence-electron chi connectivity index (χ3n) is 2.27. The molecule has 0 saturated carbocycles. The summed E-state index contributed by atoms with van der Waals surface area (Å²) in [6.07, 6.45) is -0.672. The highest BCUT2D eigenvalue weighted by molar-refractivity contribution is 9.08. The average Bonchev–Trinajstić information content (AvgIpc) is 2.36. The molecule has 1 atom stereocenters. The Morgan fingerprint density at radius 1 is 1.47 bits per heavy atom. The topological polar surface area (TPSA) is 38.3 Å². The average molecular weight is 308 g/mol. The van der Waals surface area contributed by atoms with Crippen LogP contribution in [0.4, 0.5) is 8.78 Å². The van der Waals surface area contributed by atoms with E-state index in [9.17, 15) is 13.6 Å². The Morgan fingerprint density at radius 3 is 2.53 bits per heavy atom. The van der Waals surface area contributed by atoms with Crippen LogP contribution in [-0.2, 0) is 15.5 Å². The van der Waals surface area contributed by atoms with E-state index in [1.807, 2.05) is 0 Å². The molecule has 1 aromatic rings. The Labute approximate surface area is 106 Å². The molecule has 0 radical (unpaired) electrons. The number of benzene rings is 1. The van der Waals surface area contributed by atoms with Crippen LogP contribution in [0.2, 0.25) is 0 Å². The minimum absolute atomic E-state index is 0.128. The summed E-state index contributed by atoms with van der Waals surface area (Å²) in [5.41, 5.74) is -0.128. The number of ether oxygens (including phenoxy) is 1. The number of carbonyl (C=O) groups is 1. The summed E-state index contributed by atoms with van der Waals surface area (Å²) >= 11 is 2.80. The van der Waals surface area contributed by atoms with Gasteiger partial charge < -0.3 is 4.74 Å². The first-order valence-corrected chi connectivity index (χ1v) is 5.68. The van der Waals surface area contributed by atoms with Crippen molar-refractivity contribution in [3.05, 3.63) is 35.9 Å². The molecule has 0 aromatic heterocycles. The number of alkyl halides is 2. The lowest BCUT2D eigenvalue weighted by atomic mass is 10.0. The summed E-state index contributed by atoms with van der Waals surface area (Å²) < 4.78 is 34.4. The van der Waals surface area contributed by atoms with Crippen LogP contribution in [0.15, 0.2) is 30.3 Å². The van der Waals surface area contributed by atoms with Crippen molar-refractivity contribution >= 4 is 22.1 Å². The third-order valence-corrected chi connectivity index (χ3v) is 2.83. The molecular formula is C11H12BrF2NO2. The smallest absolute Gasteiger partial charge is 0.323 e. The number of methoxy groups -OCH3 is 1. The van der Waals surface area contributed by atoms with E-state index in [2.05, 4.69) is 25.2 Å². The maximum absolute atomic E-state index is 13.8. The lowest BCUT2D eigenvalue weighted by molar-refractivity contribution is -0.145. The van der Waals surface area contributed by atoms with E-state index in [1.54, 1.807) is 6.07 Å². The second-order valence-corrected chi connectivity index (χ2v) is 3.92. The maximum Gasteiger partial charge on any atom is 0.323 e. The van der Waals surface area contributed by atoms with Gasteiger partial charge in [0, 0.05) is 28.1 Å². The Morgan fingerprint density at radius 2 is 2.06 bits per heavy atom. The fourth-order valence-electron chi connectivity index (χ4n) is 1.36. The van der Waals surface area contributed by atoms with Crippen molar-refractivity contribution in [2.24, 2.45) is 0 Å². The van der Waals surface area contributed by atoms with Crippen LogP contribution in [0.3, 0.4) is 0 Å². The number of halogens is 3. The molecule has 94 valence electrons. The first-order valence-electron chi connectivity index (χ1n) is 4.88. The zero-order valence-corrected chi connectivity index (χ0v) is 10.7. The highest BCUT2D eigenvalue weighted by atomic mass is 79.9. The van der Waals surface area contributed by atoms with E-state index in [0.717, 1.165) is 7.11 Å². The molecule has 0 aliphatic rings. The quantitative estimate of drug-likeness (QED) is 0.671. The molecule has 17 heavy (non-hydrogen) atoms. The molecule has 1 N–H and O–H groups in total. The van der Waals surface area contributed by atoms with Gasteiger partial charge >= 0.3 is 5.97 Å². The van der Waals surface area contributed by atoms with Crippen molar-refractivity contribution in [3.8, 4) is 0 Å². The van der Waals surface area contributed by atoms with Gasteiger partial charge in [-0.2, -0.15) is 0 Å². The van der Waals surface area contributed by atoms with Crippen LogP contribution < -0.4 is 4.34 Å². The second-order valence-electron chi connectivity index (χ2n) is 3.46. The lowest BCUT2D eigenvalue weighted by Gasteiger charge is -2.21. The monoisotopic (exact) mass is 307 g/mol. The van der Waals surface area contributed by atoms with Gasteiger partial charge in [-0.3, -0.25) is 4.79 Å². The SMILES string of the molecule is COC(=O)[C@H](CC(F)(F)c1ccccc1)NBr. The molecule has 0 unspecified atom stereocenters. The van der Waals surface area contributed by atoms with Crippen LogP contribution in [0.25, 0.3) is 0 Å². The summed E-state index contributed by atoms with van der Waals surface area (Å²) in [5.74, 6) is -3.83. The molecule has 0 spiro atoms. The summed E-state index contributed by atoms with van der Waals surface area (Å²) in [4.78, 5) is 11.2. The fraction of sp³-hybridized carbons (Fsp3) is 0.364. The molecule has 0 aliphatic heterocycles. The van der Waals surface area contributed by atoms with Gasteiger partial charge in [-0.1, -0.05) is 30.3 Å². The maximum atomic E-state index is 13.8. The highest BCUT2D eigenvalue weighted by Gasteiger charge is 2.37. The summed E-state index contributed by atoms with van der Waals surface area (Å²) in [6.45, 7) is 0. The molecule has 0 heterocycles. The van der Waals surface area contributed by atoms with Gasteiger partial charge in [-0.05, 0) is 0 Å². The van der Waals surface area contributed by atoms with E-state index in [0.29, 0.717) is 0 Å². The van der Waals surface area contributed by atoms with Gasteiger partial charge in [-0.15, -0.1) is 0 Å². The highest BCUT2D eigenvalue weighted by Crippen LogP contribution is 2.33. The standard InChI is InChI=1S/C11H12BrF2NO2/c1-17-10(16)9(15-12)7-11(13,14)8-5-3-2-4-6-8/h2-6,9,15H,7H2,1H3/t9-/m0/s1. The number of hydrogen-bond donors (Lipinski definition) is 1. The van der Waals surface area contributed by atoms with E-state index in [-0.39, 0.29) is 5.56 Å². The first kappa shape index (κ1) is 14.1. The number of carbonyl (C=O) groups excluding carboxylic acids is 1. The molecular weight excluding hydrogens is 296 g/mol. The number of hydrogen-bond acceptors (Lipinski definition) is 3. The van der Waals surface area contributed by atoms with Crippen LogP contribution in [0, 0.1) is 0 Å². The minimum Gasteiger partial charge on any atom is -0.468 e. The molecule has 0 aliphatic carbocycles. The van der Waals surface area contributed by atoms with Crippen LogP contribution in [0.1, 0.15) is 12.0 Å². The minimum atomic E-state index is -3.10. The molecule has 0 amide bonds. The molecule has 0 fully saturated rings. The normalized spacial score (nSPS) is 13.2. The van der Waals surface area contributed by atoms with Gasteiger partial charge in [0.2, 0.25) is 0 Å². The van der Waals surface area contributed by atoms with Gasteiger partial charge in [0.15, 0.2) is 0 Å².